The number of ether oxygens (including phenoxy) is 1. The maximum absolute atomic E-state index is 11.9. The molecule has 152 valence electrons. The van der Waals surface area contributed by atoms with Gasteiger partial charge in [-0.1, -0.05) is 48.5 Å². The minimum atomic E-state index is -3.25. The third kappa shape index (κ3) is 4.20. The van der Waals surface area contributed by atoms with Crippen molar-refractivity contribution >= 4 is 22.4 Å². The maximum atomic E-state index is 11.9. The van der Waals surface area contributed by atoms with E-state index in [1.807, 2.05) is 24.3 Å². The van der Waals surface area contributed by atoms with Gasteiger partial charge in [-0.3, -0.25) is 0 Å². The Bertz CT molecular complexity index is 930. The third-order valence-electron chi connectivity index (χ3n) is 5.84. The third-order valence-corrected chi connectivity index (χ3v) is 6.52. The predicted octanol–water partition coefficient (Wildman–Crippen LogP) is 3.00. The highest BCUT2D eigenvalue weighted by Crippen LogP contribution is 2.52. The topological polar surface area (TPSA) is 67.4 Å². The highest BCUT2D eigenvalue weighted by molar-refractivity contribution is 7.88. The molecule has 7 heteroatoms. The lowest BCUT2D eigenvalue weighted by Crippen LogP contribution is -2.47. The first-order chi connectivity index (χ1) is 12.9. The van der Waals surface area contributed by atoms with E-state index in [0.29, 0.717) is 0 Å². The molecule has 4 rings (SSSR count). The number of nitrogens with one attached hydrogen (secondary N) is 2. The summed E-state index contributed by atoms with van der Waals surface area (Å²) in [6.45, 7) is 0.867. The van der Waals surface area contributed by atoms with Crippen LogP contribution in [0.25, 0.3) is 11.1 Å². The minimum absolute atomic E-state index is 0. The molecule has 2 aromatic rings. The average molecular weight is 423 g/mol. The number of hydrogen-bond donors (Lipinski definition) is 2. The predicted molar refractivity (Wildman–Crippen MR) is 115 cm³/mol. The number of sulfonamides is 1. The van der Waals surface area contributed by atoms with Crippen molar-refractivity contribution in [2.45, 2.75) is 31.3 Å². The zero-order valence-corrected chi connectivity index (χ0v) is 17.8. The van der Waals surface area contributed by atoms with Crippen LogP contribution in [0.1, 0.15) is 18.4 Å². The molecule has 2 unspecified atom stereocenters. The Kier molecular flexibility index (Phi) is 6.05. The fraction of sp³-hybridized carbons (Fsp3) is 0.429. The Hall–Kier alpha value is -1.60. The van der Waals surface area contributed by atoms with Crippen molar-refractivity contribution in [1.29, 1.82) is 0 Å². The van der Waals surface area contributed by atoms with Gasteiger partial charge in [0.15, 0.2) is 0 Å². The summed E-state index contributed by atoms with van der Waals surface area (Å²) < 4.78 is 32.5. The molecule has 2 N–H and O–H groups in total. The molecule has 1 saturated heterocycles. The highest BCUT2D eigenvalue weighted by Gasteiger charge is 2.56. The summed E-state index contributed by atoms with van der Waals surface area (Å²) in [6.07, 6.45) is 4.11. The number of benzene rings is 2. The Morgan fingerprint density at radius 3 is 2.46 bits per heavy atom. The largest absolute Gasteiger partial charge is 0.496 e. The van der Waals surface area contributed by atoms with Gasteiger partial charge in [-0.25, -0.2) is 13.1 Å². The van der Waals surface area contributed by atoms with Crippen LogP contribution in [0.3, 0.4) is 0 Å². The second-order valence-corrected chi connectivity index (χ2v) is 9.57. The molecule has 0 bridgehead atoms. The first kappa shape index (κ1) is 21.1. The molecule has 1 spiro atoms. The van der Waals surface area contributed by atoms with Crippen molar-refractivity contribution in [3.63, 3.8) is 0 Å². The Balaban J connectivity index is 0.00000225. The van der Waals surface area contributed by atoms with Crippen LogP contribution in [0.15, 0.2) is 48.5 Å². The van der Waals surface area contributed by atoms with Gasteiger partial charge in [0.1, 0.15) is 5.75 Å². The van der Waals surface area contributed by atoms with Crippen LogP contribution in [-0.4, -0.2) is 40.4 Å². The van der Waals surface area contributed by atoms with Crippen molar-refractivity contribution in [3.8, 4) is 16.9 Å². The van der Waals surface area contributed by atoms with Crippen molar-refractivity contribution in [3.05, 3.63) is 54.1 Å². The van der Waals surface area contributed by atoms with Crippen LogP contribution in [0.2, 0.25) is 0 Å². The summed E-state index contributed by atoms with van der Waals surface area (Å²) in [5.74, 6) is 0.861. The molecular formula is C21H27ClN2O3S. The smallest absolute Gasteiger partial charge is 0.209 e. The lowest BCUT2D eigenvalue weighted by atomic mass is 9.91. The number of rotatable bonds is 6. The summed E-state index contributed by atoms with van der Waals surface area (Å²) in [6, 6.07) is 16.3. The van der Waals surface area contributed by atoms with Crippen LogP contribution in [0.4, 0.5) is 0 Å². The van der Waals surface area contributed by atoms with Crippen molar-refractivity contribution in [2.24, 2.45) is 5.41 Å². The number of methoxy groups -OCH3 is 1. The number of para-hydroxylation sites is 1. The van der Waals surface area contributed by atoms with Gasteiger partial charge >= 0.3 is 0 Å². The van der Waals surface area contributed by atoms with Crippen LogP contribution >= 0.6 is 12.4 Å². The number of halogens is 1. The normalized spacial score (nSPS) is 22.6. The quantitative estimate of drug-likeness (QED) is 0.751. The van der Waals surface area contributed by atoms with Gasteiger partial charge in [0.2, 0.25) is 10.0 Å². The number of hydrogen-bond acceptors (Lipinski definition) is 4. The Morgan fingerprint density at radius 2 is 1.86 bits per heavy atom. The molecule has 2 atom stereocenters. The van der Waals surface area contributed by atoms with E-state index in [1.54, 1.807) is 7.11 Å². The van der Waals surface area contributed by atoms with Gasteiger partial charge in [0.05, 0.1) is 13.4 Å². The fourth-order valence-corrected chi connectivity index (χ4v) is 5.21. The standard InChI is InChI=1S/C21H26N2O3S.ClH/c1-26-19-16(9-6-10-17(19)15-7-4-3-5-8-15)13-18-20(23-27(2,24)25)21(11-12-21)14-22-18;/h3-10,18,20,22-23H,11-14H2,1-2H3;1H. The molecule has 2 aromatic carbocycles. The second-order valence-electron chi connectivity index (χ2n) is 7.79. The summed E-state index contributed by atoms with van der Waals surface area (Å²) >= 11 is 0. The molecular weight excluding hydrogens is 396 g/mol. The molecule has 2 aliphatic rings. The maximum Gasteiger partial charge on any atom is 0.209 e. The average Bonchev–Trinajstić information content (AvgIpc) is 3.37. The van der Waals surface area contributed by atoms with E-state index in [-0.39, 0.29) is 29.9 Å². The summed E-state index contributed by atoms with van der Waals surface area (Å²) in [4.78, 5) is 0. The first-order valence-corrected chi connectivity index (χ1v) is 11.2. The molecule has 28 heavy (non-hydrogen) atoms. The van der Waals surface area contributed by atoms with E-state index in [4.69, 9.17) is 4.74 Å². The summed E-state index contributed by atoms with van der Waals surface area (Å²) in [7, 11) is -1.56. The fourth-order valence-electron chi connectivity index (χ4n) is 4.33. The van der Waals surface area contributed by atoms with Crippen molar-refractivity contribution < 1.29 is 13.2 Å². The molecule has 0 radical (unpaired) electrons. The van der Waals surface area contributed by atoms with E-state index >= 15 is 0 Å². The molecule has 1 saturated carbocycles. The van der Waals surface area contributed by atoms with E-state index in [2.05, 4.69) is 34.3 Å². The lowest BCUT2D eigenvalue weighted by Gasteiger charge is -2.25. The summed E-state index contributed by atoms with van der Waals surface area (Å²) in [5.41, 5.74) is 3.34. The molecule has 1 aliphatic carbocycles. The van der Waals surface area contributed by atoms with Crippen LogP contribution < -0.4 is 14.8 Å². The molecule has 5 nitrogen and oxygen atoms in total. The van der Waals surface area contributed by atoms with E-state index < -0.39 is 10.0 Å². The van der Waals surface area contributed by atoms with Crippen molar-refractivity contribution in [2.75, 3.05) is 19.9 Å². The first-order valence-electron chi connectivity index (χ1n) is 9.34. The SMILES string of the molecule is COc1c(CC2NCC3(CC3)C2NS(C)(=O)=O)cccc1-c1ccccc1.Cl. The van der Waals surface area contributed by atoms with Crippen molar-refractivity contribution in [1.82, 2.24) is 10.0 Å². The zero-order chi connectivity index (χ0) is 19.1. The molecule has 0 aromatic heterocycles. The van der Waals surface area contributed by atoms with Gasteiger partial charge < -0.3 is 10.1 Å². The molecule has 1 heterocycles. The lowest BCUT2D eigenvalue weighted by molar-refractivity contribution is 0.393. The van der Waals surface area contributed by atoms with Gasteiger partial charge in [0.25, 0.3) is 0 Å². The van der Waals surface area contributed by atoms with Gasteiger partial charge in [-0.2, -0.15) is 0 Å². The summed E-state index contributed by atoms with van der Waals surface area (Å²) in [5, 5.41) is 3.56. The van der Waals surface area contributed by atoms with Gasteiger partial charge in [-0.15, -0.1) is 12.4 Å². The minimum Gasteiger partial charge on any atom is -0.496 e. The van der Waals surface area contributed by atoms with Gasteiger partial charge in [-0.05, 0) is 30.4 Å². The van der Waals surface area contributed by atoms with E-state index in [9.17, 15) is 8.42 Å². The van der Waals surface area contributed by atoms with Crippen LogP contribution in [0.5, 0.6) is 5.75 Å². The van der Waals surface area contributed by atoms with Crippen LogP contribution in [-0.2, 0) is 16.4 Å². The van der Waals surface area contributed by atoms with E-state index in [0.717, 1.165) is 48.2 Å². The van der Waals surface area contributed by atoms with Crippen LogP contribution in [0, 0.1) is 5.41 Å². The Labute approximate surface area is 173 Å². The van der Waals surface area contributed by atoms with Gasteiger partial charge in [0, 0.05) is 29.6 Å². The molecule has 2 fully saturated rings. The Morgan fingerprint density at radius 1 is 1.14 bits per heavy atom. The molecule has 0 amide bonds. The van der Waals surface area contributed by atoms with E-state index in [1.165, 1.54) is 6.26 Å². The monoisotopic (exact) mass is 422 g/mol. The highest BCUT2D eigenvalue weighted by atomic mass is 35.5. The zero-order valence-electron chi connectivity index (χ0n) is 16.1. The second kappa shape index (κ2) is 8.03. The molecule has 1 aliphatic heterocycles.